The highest BCUT2D eigenvalue weighted by molar-refractivity contribution is 9.10. The van der Waals surface area contributed by atoms with Crippen molar-refractivity contribution in [2.75, 3.05) is 11.9 Å². The number of pyridine rings is 1. The summed E-state index contributed by atoms with van der Waals surface area (Å²) in [5.74, 6) is -0.387. The van der Waals surface area contributed by atoms with Gasteiger partial charge in [-0.2, -0.15) is 4.73 Å². The number of hydrogen-bond donors (Lipinski definition) is 1. The van der Waals surface area contributed by atoms with Crippen molar-refractivity contribution < 1.29 is 14.1 Å². The fraction of sp³-hybridized carbons (Fsp3) is 0.214. The summed E-state index contributed by atoms with van der Waals surface area (Å²) in [7, 11) is 0.954. The van der Waals surface area contributed by atoms with Crippen LogP contribution in [0.4, 0.5) is 10.1 Å². The maximum absolute atomic E-state index is 13.9. The van der Waals surface area contributed by atoms with Crippen molar-refractivity contribution in [1.29, 1.82) is 0 Å². The molecule has 1 heterocycles. The van der Waals surface area contributed by atoms with Gasteiger partial charge in [0.1, 0.15) is 5.82 Å². The van der Waals surface area contributed by atoms with E-state index in [0.717, 1.165) is 15.9 Å². The Hall–Kier alpha value is -1.60. The molecule has 0 unspecified atom stereocenters. The highest BCUT2D eigenvalue weighted by Crippen LogP contribution is 2.41. The molecule has 21 heavy (non-hydrogen) atoms. The SMILES string of the molecule is CB(O)N(C)c1cc(F)cc2c1Cc1c-2cc(Br)c[n+]1[O-]. The average Bonchev–Trinajstić information content (AvgIpc) is 2.76. The first-order chi connectivity index (χ1) is 9.88. The Balaban J connectivity index is 2.24. The summed E-state index contributed by atoms with van der Waals surface area (Å²) in [6.07, 6.45) is 1.87. The molecule has 7 heteroatoms. The van der Waals surface area contributed by atoms with E-state index in [1.165, 1.54) is 18.3 Å². The number of anilines is 1. The molecule has 2 aromatic rings. The fourth-order valence-electron chi connectivity index (χ4n) is 2.71. The first-order valence-corrected chi connectivity index (χ1v) is 7.33. The lowest BCUT2D eigenvalue weighted by Gasteiger charge is -2.23. The first kappa shape index (κ1) is 14.3. The summed E-state index contributed by atoms with van der Waals surface area (Å²) in [6, 6.07) is 4.65. The molecule has 0 amide bonds. The molecule has 0 fully saturated rings. The van der Waals surface area contributed by atoms with Gasteiger partial charge < -0.3 is 15.0 Å². The molecule has 1 aliphatic rings. The second kappa shape index (κ2) is 5.00. The molecule has 4 nitrogen and oxygen atoms in total. The summed E-state index contributed by atoms with van der Waals surface area (Å²) in [6.45, 7) is 1.61. The molecule has 3 rings (SSSR count). The van der Waals surface area contributed by atoms with Crippen molar-refractivity contribution in [3.63, 3.8) is 0 Å². The van der Waals surface area contributed by atoms with Crippen LogP contribution in [0.5, 0.6) is 0 Å². The van der Waals surface area contributed by atoms with Crippen LogP contribution in [0.25, 0.3) is 11.1 Å². The highest BCUT2D eigenvalue weighted by atomic mass is 79.9. The molecule has 0 bridgehead atoms. The topological polar surface area (TPSA) is 50.4 Å². The maximum Gasteiger partial charge on any atom is 0.409 e. The van der Waals surface area contributed by atoms with E-state index in [-0.39, 0.29) is 5.82 Å². The number of nitrogens with zero attached hydrogens (tertiary/aromatic N) is 2. The minimum atomic E-state index is -0.745. The van der Waals surface area contributed by atoms with E-state index < -0.39 is 7.05 Å². The smallest absolute Gasteiger partial charge is 0.409 e. The summed E-state index contributed by atoms with van der Waals surface area (Å²) in [5, 5.41) is 21.8. The van der Waals surface area contributed by atoms with Crippen LogP contribution in [0, 0.1) is 11.0 Å². The first-order valence-electron chi connectivity index (χ1n) is 6.53. The van der Waals surface area contributed by atoms with E-state index in [1.54, 1.807) is 18.7 Å². The molecule has 1 aromatic carbocycles. The van der Waals surface area contributed by atoms with Crippen molar-refractivity contribution in [2.24, 2.45) is 0 Å². The van der Waals surface area contributed by atoms with Crippen LogP contribution in [-0.4, -0.2) is 19.1 Å². The monoisotopic (exact) mass is 350 g/mol. The number of rotatable bonds is 2. The number of benzene rings is 1. The standard InChI is InChI=1S/C14H13BBrFN2O2/c1-15(20)18(2)13-5-9(17)4-10-11-3-8(16)7-19(21)14(11)6-12(10)13/h3-5,7,20H,6H2,1-2H3. The molecule has 0 saturated heterocycles. The predicted molar refractivity (Wildman–Crippen MR) is 83.5 cm³/mol. The Morgan fingerprint density at radius 3 is 2.76 bits per heavy atom. The molecule has 0 aliphatic heterocycles. The van der Waals surface area contributed by atoms with Gasteiger partial charge >= 0.3 is 7.05 Å². The zero-order valence-electron chi connectivity index (χ0n) is 11.6. The van der Waals surface area contributed by atoms with Crippen LogP contribution in [-0.2, 0) is 6.42 Å². The number of aromatic nitrogens is 1. The molecule has 0 radical (unpaired) electrons. The van der Waals surface area contributed by atoms with E-state index in [1.807, 2.05) is 6.07 Å². The van der Waals surface area contributed by atoms with Crippen LogP contribution in [0.1, 0.15) is 11.3 Å². The lowest BCUT2D eigenvalue weighted by atomic mass is 9.84. The van der Waals surface area contributed by atoms with Crippen molar-refractivity contribution in [1.82, 2.24) is 0 Å². The summed E-state index contributed by atoms with van der Waals surface area (Å²) < 4.78 is 15.4. The Kier molecular flexibility index (Phi) is 3.41. The van der Waals surface area contributed by atoms with Crippen LogP contribution < -0.4 is 9.54 Å². The Labute approximate surface area is 130 Å². The molecule has 1 N–H and O–H groups in total. The number of fused-ring (bicyclic) bond motifs is 3. The molecule has 0 atom stereocenters. The molecular formula is C14H13BBrFN2O2. The maximum atomic E-state index is 13.9. The minimum Gasteiger partial charge on any atom is -0.618 e. The highest BCUT2D eigenvalue weighted by Gasteiger charge is 2.31. The van der Waals surface area contributed by atoms with Gasteiger partial charge in [0.15, 0.2) is 6.20 Å². The van der Waals surface area contributed by atoms with Crippen molar-refractivity contribution in [3.8, 4) is 11.1 Å². The lowest BCUT2D eigenvalue weighted by molar-refractivity contribution is -0.613. The van der Waals surface area contributed by atoms with Gasteiger partial charge in [0, 0.05) is 5.69 Å². The van der Waals surface area contributed by atoms with Gasteiger partial charge in [-0.15, -0.1) is 0 Å². The Bertz CT molecular complexity index is 739. The van der Waals surface area contributed by atoms with Gasteiger partial charge in [0.2, 0.25) is 5.69 Å². The molecule has 108 valence electrons. The molecule has 0 spiro atoms. The normalized spacial score (nSPS) is 12.0. The second-order valence-corrected chi connectivity index (χ2v) is 6.13. The fourth-order valence-corrected chi connectivity index (χ4v) is 3.12. The summed E-state index contributed by atoms with van der Waals surface area (Å²) in [4.78, 5) is 1.60. The molecule has 0 saturated carbocycles. The zero-order chi connectivity index (χ0) is 15.3. The molecular weight excluding hydrogens is 338 g/mol. The van der Waals surface area contributed by atoms with Gasteiger partial charge in [-0.1, -0.05) is 0 Å². The zero-order valence-corrected chi connectivity index (χ0v) is 13.2. The minimum absolute atomic E-state index is 0.387. The van der Waals surface area contributed by atoms with Crippen LogP contribution in [0.15, 0.2) is 28.9 Å². The van der Waals surface area contributed by atoms with E-state index in [9.17, 15) is 14.6 Å². The number of hydrogen-bond acceptors (Lipinski definition) is 3. The van der Waals surface area contributed by atoms with Gasteiger partial charge in [-0.05, 0) is 59.1 Å². The van der Waals surface area contributed by atoms with Crippen molar-refractivity contribution in [2.45, 2.75) is 13.2 Å². The van der Waals surface area contributed by atoms with Gasteiger partial charge in [-0.25, -0.2) is 4.39 Å². The van der Waals surface area contributed by atoms with Gasteiger partial charge in [0.05, 0.1) is 16.5 Å². The Morgan fingerprint density at radius 2 is 2.10 bits per heavy atom. The van der Waals surface area contributed by atoms with Crippen LogP contribution >= 0.6 is 15.9 Å². The predicted octanol–water partition coefficient (Wildman–Crippen LogP) is 2.34. The third-order valence-corrected chi connectivity index (χ3v) is 4.30. The molecule has 1 aromatic heterocycles. The van der Waals surface area contributed by atoms with Crippen molar-refractivity contribution >= 4 is 28.7 Å². The average molecular weight is 351 g/mol. The van der Waals surface area contributed by atoms with Crippen LogP contribution in [0.2, 0.25) is 6.82 Å². The summed E-state index contributed by atoms with van der Waals surface area (Å²) in [5.41, 5.74) is 3.50. The third-order valence-electron chi connectivity index (χ3n) is 3.87. The quantitative estimate of drug-likeness (QED) is 0.438. The second-order valence-electron chi connectivity index (χ2n) is 5.22. The van der Waals surface area contributed by atoms with Crippen molar-refractivity contribution in [3.05, 3.63) is 51.2 Å². The third kappa shape index (κ3) is 2.30. The Morgan fingerprint density at radius 1 is 1.38 bits per heavy atom. The van der Waals surface area contributed by atoms with E-state index >= 15 is 0 Å². The van der Waals surface area contributed by atoms with Gasteiger partial charge in [0.25, 0.3) is 0 Å². The number of halogens is 2. The van der Waals surface area contributed by atoms with Crippen LogP contribution in [0.3, 0.4) is 0 Å². The van der Waals surface area contributed by atoms with E-state index in [0.29, 0.717) is 27.8 Å². The molecule has 1 aliphatic carbocycles. The lowest BCUT2D eigenvalue weighted by Crippen LogP contribution is -2.34. The van der Waals surface area contributed by atoms with Gasteiger partial charge in [-0.3, -0.25) is 0 Å². The van der Waals surface area contributed by atoms with E-state index in [4.69, 9.17) is 0 Å². The summed E-state index contributed by atoms with van der Waals surface area (Å²) >= 11 is 3.29. The largest absolute Gasteiger partial charge is 0.618 e. The van der Waals surface area contributed by atoms with E-state index in [2.05, 4.69) is 15.9 Å².